The molecule has 0 aromatic heterocycles. The maximum Gasteiger partial charge on any atom is 0.320 e. The number of alkyl halides is 1. The molecule has 2 aliphatic rings. The van der Waals surface area contributed by atoms with Gasteiger partial charge in [0, 0.05) is 24.2 Å². The van der Waals surface area contributed by atoms with Crippen LogP contribution >= 0.6 is 46.7 Å². The Bertz CT molecular complexity index is 1110. The van der Waals surface area contributed by atoms with E-state index in [0.29, 0.717) is 34.6 Å². The number of carbonyl (C=O) groups is 3. The normalized spacial score (nSPS) is 19.8. The van der Waals surface area contributed by atoms with Crippen molar-refractivity contribution >= 4 is 74.1 Å². The summed E-state index contributed by atoms with van der Waals surface area (Å²) >= 11 is 14.5. The van der Waals surface area contributed by atoms with Crippen LogP contribution < -0.4 is 0 Å². The molecule has 0 amide bonds. The van der Waals surface area contributed by atoms with Gasteiger partial charge in [0.1, 0.15) is 17.1 Å². The number of ether oxygens (including phenoxy) is 1. The predicted molar refractivity (Wildman–Crippen MR) is 129 cm³/mol. The van der Waals surface area contributed by atoms with E-state index in [2.05, 4.69) is 0 Å². The largest absolute Gasteiger partial charge is 0.464 e. The van der Waals surface area contributed by atoms with Gasteiger partial charge in [-0.3, -0.25) is 14.4 Å². The van der Waals surface area contributed by atoms with Crippen LogP contribution in [0.1, 0.15) is 40.7 Å². The Hall–Kier alpha value is -1.00. The van der Waals surface area contributed by atoms with E-state index in [1.807, 2.05) is 0 Å². The summed E-state index contributed by atoms with van der Waals surface area (Å²) in [6, 6.07) is 1.48. The van der Waals surface area contributed by atoms with Crippen molar-refractivity contribution in [1.29, 1.82) is 0 Å². The quantitative estimate of drug-likeness (QED) is 0.159. The van der Waals surface area contributed by atoms with Gasteiger partial charge in [0.25, 0.3) is 0 Å². The second-order valence-corrected chi connectivity index (χ2v) is 12.6. The Labute approximate surface area is 205 Å². The van der Waals surface area contributed by atoms with Gasteiger partial charge < -0.3 is 4.74 Å². The van der Waals surface area contributed by atoms with E-state index in [9.17, 15) is 22.8 Å². The number of hydrogen-bond acceptors (Lipinski definition) is 8. The Morgan fingerprint density at radius 2 is 2.00 bits per heavy atom. The lowest BCUT2D eigenvalue weighted by molar-refractivity contribution is -0.139. The van der Waals surface area contributed by atoms with Crippen molar-refractivity contribution in [3.63, 3.8) is 0 Å². The molecule has 1 atom stereocenters. The van der Waals surface area contributed by atoms with Gasteiger partial charge in [-0.15, -0.1) is 35.1 Å². The lowest BCUT2D eigenvalue weighted by atomic mass is 9.90. The molecule has 11 heteroatoms. The van der Waals surface area contributed by atoms with Gasteiger partial charge in [0.2, 0.25) is 0 Å². The number of halogens is 2. The molecule has 0 fully saturated rings. The fraction of sp³-hybridized carbons (Fsp3) is 0.476. The summed E-state index contributed by atoms with van der Waals surface area (Å²) in [7, 11) is -3.53. The minimum absolute atomic E-state index is 0.0911. The van der Waals surface area contributed by atoms with Crippen molar-refractivity contribution in [3.8, 4) is 0 Å². The molecule has 1 aliphatic heterocycles. The van der Waals surface area contributed by atoms with E-state index in [1.165, 1.54) is 29.6 Å². The summed E-state index contributed by atoms with van der Waals surface area (Å²) in [4.78, 5) is 38.2. The van der Waals surface area contributed by atoms with Crippen molar-refractivity contribution in [1.82, 2.24) is 0 Å². The van der Waals surface area contributed by atoms with Crippen LogP contribution in [-0.2, 0) is 30.6 Å². The summed E-state index contributed by atoms with van der Waals surface area (Å²) in [5.74, 6) is -1.14. The first-order chi connectivity index (χ1) is 15.1. The zero-order valence-corrected chi connectivity index (χ0v) is 21.5. The molecule has 1 aliphatic carbocycles. The number of Topliss-reactive ketones (excluding diaryl/α,β-unsaturated/α-hetero) is 2. The SMILES string of the molecule is CSC1Cc2c(Cl)c(C(=O)C3=C(SCCOC(=O)CCl)CCCC3=O)cc(C)c2S1(=O)=O. The summed E-state index contributed by atoms with van der Waals surface area (Å²) in [5, 5.41) is 0.0991. The third-order valence-corrected chi connectivity index (χ3v) is 11.1. The van der Waals surface area contributed by atoms with Crippen LogP contribution in [0.25, 0.3) is 0 Å². The van der Waals surface area contributed by atoms with Gasteiger partial charge >= 0.3 is 5.97 Å². The summed E-state index contributed by atoms with van der Waals surface area (Å²) < 4.78 is 29.9. The Morgan fingerprint density at radius 1 is 1.28 bits per heavy atom. The molecule has 1 aromatic carbocycles. The van der Waals surface area contributed by atoms with Crippen LogP contribution in [0.2, 0.25) is 5.02 Å². The van der Waals surface area contributed by atoms with Gasteiger partial charge in [0.15, 0.2) is 21.4 Å². The molecule has 1 unspecified atom stereocenters. The van der Waals surface area contributed by atoms with Crippen molar-refractivity contribution in [2.75, 3.05) is 24.5 Å². The average molecular weight is 538 g/mol. The molecule has 0 spiro atoms. The predicted octanol–water partition coefficient (Wildman–Crippen LogP) is 4.37. The van der Waals surface area contributed by atoms with Crippen molar-refractivity contribution in [2.24, 2.45) is 0 Å². The topological polar surface area (TPSA) is 94.6 Å². The molecule has 174 valence electrons. The lowest BCUT2D eigenvalue weighted by Gasteiger charge is -2.19. The summed E-state index contributed by atoms with van der Waals surface area (Å²) in [6.45, 7) is 1.76. The first kappa shape index (κ1) is 25.6. The minimum Gasteiger partial charge on any atom is -0.464 e. The van der Waals surface area contributed by atoms with E-state index >= 15 is 0 Å². The van der Waals surface area contributed by atoms with E-state index in [-0.39, 0.29) is 52.2 Å². The van der Waals surface area contributed by atoms with Crippen LogP contribution in [0.3, 0.4) is 0 Å². The summed E-state index contributed by atoms with van der Waals surface area (Å²) in [5.41, 5.74) is 1.14. The molecule has 1 heterocycles. The van der Waals surface area contributed by atoms with Crippen LogP contribution in [0, 0.1) is 6.92 Å². The number of carbonyl (C=O) groups excluding carboxylic acids is 3. The number of aryl methyl sites for hydroxylation is 1. The maximum absolute atomic E-state index is 13.5. The number of hydrogen-bond donors (Lipinski definition) is 0. The van der Waals surface area contributed by atoms with Crippen LogP contribution in [0.15, 0.2) is 21.4 Å². The molecule has 32 heavy (non-hydrogen) atoms. The Kier molecular flexibility index (Phi) is 8.41. The van der Waals surface area contributed by atoms with Gasteiger partial charge in [0.05, 0.1) is 15.5 Å². The monoisotopic (exact) mass is 536 g/mol. The number of benzene rings is 1. The van der Waals surface area contributed by atoms with E-state index in [4.69, 9.17) is 27.9 Å². The highest BCUT2D eigenvalue weighted by Gasteiger charge is 2.41. The third-order valence-electron chi connectivity index (χ3n) is 5.33. The molecule has 6 nitrogen and oxygen atoms in total. The Morgan fingerprint density at radius 3 is 2.66 bits per heavy atom. The highest BCUT2D eigenvalue weighted by Crippen LogP contribution is 2.44. The lowest BCUT2D eigenvalue weighted by Crippen LogP contribution is -2.20. The molecule has 0 saturated carbocycles. The number of ketones is 2. The second-order valence-electron chi connectivity index (χ2n) is 7.38. The molecular formula is C21H22Cl2O6S3. The number of esters is 1. The van der Waals surface area contributed by atoms with Gasteiger partial charge in [-0.05, 0) is 48.1 Å². The molecule has 0 bridgehead atoms. The molecule has 0 N–H and O–H groups in total. The zero-order chi connectivity index (χ0) is 23.6. The van der Waals surface area contributed by atoms with Crippen molar-refractivity contribution in [3.05, 3.63) is 38.3 Å². The van der Waals surface area contributed by atoms with Crippen LogP contribution in [0.5, 0.6) is 0 Å². The standard InChI is InChI=1S/C21H22Cl2O6S3/c1-11-8-12(19(23)13-9-17(30-2)32(27,28)21(11)13)20(26)18-14(24)4-3-5-15(18)31-7-6-29-16(25)10-22/h8,17H,3-7,9-10H2,1-2H3. The number of allylic oxidation sites excluding steroid dienone is 2. The molecular weight excluding hydrogens is 515 g/mol. The van der Waals surface area contributed by atoms with Crippen molar-refractivity contribution < 1.29 is 27.5 Å². The second kappa shape index (κ2) is 10.5. The van der Waals surface area contributed by atoms with E-state index in [0.717, 1.165) is 0 Å². The number of sulfone groups is 1. The third kappa shape index (κ3) is 4.92. The smallest absolute Gasteiger partial charge is 0.320 e. The van der Waals surface area contributed by atoms with Gasteiger partial charge in [-0.2, -0.15) is 0 Å². The van der Waals surface area contributed by atoms with Crippen LogP contribution in [-0.4, -0.2) is 55.0 Å². The van der Waals surface area contributed by atoms with Crippen molar-refractivity contribution in [2.45, 2.75) is 42.1 Å². The molecule has 1 aromatic rings. The Balaban J connectivity index is 1.96. The average Bonchev–Trinajstić information content (AvgIpc) is 3.04. The van der Waals surface area contributed by atoms with E-state index in [1.54, 1.807) is 13.2 Å². The number of fused-ring (bicyclic) bond motifs is 1. The fourth-order valence-corrected chi connectivity index (χ4v) is 8.73. The highest BCUT2D eigenvalue weighted by atomic mass is 35.5. The highest BCUT2D eigenvalue weighted by molar-refractivity contribution is 8.13. The molecule has 3 rings (SSSR count). The maximum atomic E-state index is 13.5. The first-order valence-electron chi connectivity index (χ1n) is 9.87. The van der Waals surface area contributed by atoms with Gasteiger partial charge in [-0.25, -0.2) is 8.42 Å². The van der Waals surface area contributed by atoms with Gasteiger partial charge in [-0.1, -0.05) is 11.6 Å². The first-order valence-corrected chi connectivity index (χ1v) is 14.6. The van der Waals surface area contributed by atoms with Crippen LogP contribution in [0.4, 0.5) is 0 Å². The summed E-state index contributed by atoms with van der Waals surface area (Å²) in [6.07, 6.45) is 3.40. The minimum atomic E-state index is -3.53. The zero-order valence-electron chi connectivity index (χ0n) is 17.5. The molecule has 0 saturated heterocycles. The molecule has 0 radical (unpaired) electrons. The number of rotatable bonds is 8. The fourth-order valence-electron chi connectivity index (χ4n) is 3.91. The van der Waals surface area contributed by atoms with E-state index < -0.39 is 26.2 Å². The number of thioether (sulfide) groups is 2.